The van der Waals surface area contributed by atoms with Crippen molar-refractivity contribution in [3.63, 3.8) is 0 Å². The van der Waals surface area contributed by atoms with E-state index in [1.165, 1.54) is 12.8 Å². The van der Waals surface area contributed by atoms with Crippen molar-refractivity contribution in [1.82, 2.24) is 4.90 Å². The average molecular weight is 264 g/mol. The largest absolute Gasteiger partial charge is 0.379 e. The van der Waals surface area contributed by atoms with Gasteiger partial charge in [0.1, 0.15) is 0 Å². The third-order valence-electron chi connectivity index (χ3n) is 4.09. The van der Waals surface area contributed by atoms with Crippen LogP contribution in [0.25, 0.3) is 0 Å². The molecule has 1 saturated carbocycles. The summed E-state index contributed by atoms with van der Waals surface area (Å²) in [5.41, 5.74) is 0. The number of morpholine rings is 1. The second kappa shape index (κ2) is 5.85. The zero-order valence-electron chi connectivity index (χ0n) is 10.2. The molecule has 0 aromatic carbocycles. The van der Waals surface area contributed by atoms with Crippen LogP contribution in [0.2, 0.25) is 0 Å². The van der Waals surface area contributed by atoms with Crippen molar-refractivity contribution in [2.75, 3.05) is 39.5 Å². The monoisotopic (exact) mass is 263 g/mol. The van der Waals surface area contributed by atoms with Crippen LogP contribution in [0.5, 0.6) is 0 Å². The molecule has 100 valence electrons. The zero-order chi connectivity index (χ0) is 10.8. The van der Waals surface area contributed by atoms with E-state index in [4.69, 9.17) is 14.2 Å². The molecule has 0 N–H and O–H groups in total. The molecule has 2 heterocycles. The van der Waals surface area contributed by atoms with E-state index >= 15 is 0 Å². The Bertz CT molecular complexity index is 230. The minimum atomic E-state index is -0.206. The van der Waals surface area contributed by atoms with Crippen molar-refractivity contribution in [2.45, 2.75) is 37.5 Å². The van der Waals surface area contributed by atoms with Gasteiger partial charge in [0.25, 0.3) is 0 Å². The minimum absolute atomic E-state index is 0. The molecule has 2 saturated heterocycles. The summed E-state index contributed by atoms with van der Waals surface area (Å²) in [7, 11) is 0. The molecular formula is C12H22ClNO3. The molecular weight excluding hydrogens is 242 g/mol. The molecule has 3 fully saturated rings. The van der Waals surface area contributed by atoms with Crippen LogP contribution >= 0.6 is 12.4 Å². The number of hydrogen-bond donors (Lipinski definition) is 0. The maximum Gasteiger partial charge on any atom is 0.168 e. The van der Waals surface area contributed by atoms with Crippen molar-refractivity contribution in [3.05, 3.63) is 0 Å². The van der Waals surface area contributed by atoms with Crippen molar-refractivity contribution >= 4 is 12.4 Å². The van der Waals surface area contributed by atoms with Crippen LogP contribution in [0.3, 0.4) is 0 Å². The summed E-state index contributed by atoms with van der Waals surface area (Å²) in [6, 6.07) is 0.724. The number of nitrogens with zero attached hydrogens (tertiary/aromatic N) is 1. The predicted octanol–water partition coefficient (Wildman–Crippen LogP) is 1.43. The summed E-state index contributed by atoms with van der Waals surface area (Å²) < 4.78 is 16.9. The highest BCUT2D eigenvalue weighted by Crippen LogP contribution is 2.37. The third-order valence-corrected chi connectivity index (χ3v) is 4.09. The van der Waals surface area contributed by atoms with Gasteiger partial charge in [0.05, 0.1) is 26.4 Å². The fourth-order valence-corrected chi connectivity index (χ4v) is 3.14. The average Bonchev–Trinajstić information content (AvgIpc) is 2.80. The highest BCUT2D eigenvalue weighted by Gasteiger charge is 2.41. The number of halogens is 1. The summed E-state index contributed by atoms with van der Waals surface area (Å²) in [6.45, 7) is 5.55. The van der Waals surface area contributed by atoms with Gasteiger partial charge in [-0.05, 0) is 12.8 Å². The van der Waals surface area contributed by atoms with E-state index in [1.807, 2.05) is 0 Å². The normalized spacial score (nSPS) is 30.4. The molecule has 17 heavy (non-hydrogen) atoms. The number of rotatable bonds is 1. The molecule has 0 atom stereocenters. The second-order valence-electron chi connectivity index (χ2n) is 4.99. The van der Waals surface area contributed by atoms with Gasteiger partial charge in [-0.2, -0.15) is 0 Å². The molecule has 1 spiro atoms. The van der Waals surface area contributed by atoms with E-state index in [2.05, 4.69) is 4.90 Å². The van der Waals surface area contributed by atoms with Gasteiger partial charge in [-0.25, -0.2) is 0 Å². The van der Waals surface area contributed by atoms with E-state index in [9.17, 15) is 0 Å². The smallest absolute Gasteiger partial charge is 0.168 e. The fourth-order valence-electron chi connectivity index (χ4n) is 3.14. The van der Waals surface area contributed by atoms with Crippen LogP contribution < -0.4 is 0 Å². The lowest BCUT2D eigenvalue weighted by Crippen LogP contribution is -2.48. The van der Waals surface area contributed by atoms with E-state index in [1.54, 1.807) is 0 Å². The van der Waals surface area contributed by atoms with Gasteiger partial charge in [-0.1, -0.05) is 0 Å². The Hall–Kier alpha value is 0.130. The van der Waals surface area contributed by atoms with Crippen molar-refractivity contribution in [3.8, 4) is 0 Å². The third kappa shape index (κ3) is 2.93. The highest BCUT2D eigenvalue weighted by atomic mass is 35.5. The minimum Gasteiger partial charge on any atom is -0.379 e. The van der Waals surface area contributed by atoms with Gasteiger partial charge in [0.15, 0.2) is 5.79 Å². The first-order valence-electron chi connectivity index (χ1n) is 6.48. The Morgan fingerprint density at radius 1 is 0.882 bits per heavy atom. The maximum absolute atomic E-state index is 5.75. The van der Waals surface area contributed by atoms with E-state index in [-0.39, 0.29) is 18.2 Å². The fraction of sp³-hybridized carbons (Fsp3) is 1.00. The van der Waals surface area contributed by atoms with Gasteiger partial charge in [-0.3, -0.25) is 4.90 Å². The van der Waals surface area contributed by atoms with E-state index in [0.717, 1.165) is 58.4 Å². The van der Waals surface area contributed by atoms with Crippen molar-refractivity contribution in [2.24, 2.45) is 0 Å². The summed E-state index contributed by atoms with van der Waals surface area (Å²) >= 11 is 0. The van der Waals surface area contributed by atoms with Crippen LogP contribution in [0, 0.1) is 0 Å². The summed E-state index contributed by atoms with van der Waals surface area (Å²) in [5, 5.41) is 0. The topological polar surface area (TPSA) is 30.9 Å². The van der Waals surface area contributed by atoms with Crippen molar-refractivity contribution < 1.29 is 14.2 Å². The lowest BCUT2D eigenvalue weighted by Gasteiger charge is -2.41. The summed E-state index contributed by atoms with van der Waals surface area (Å²) in [4.78, 5) is 2.57. The second-order valence-corrected chi connectivity index (χ2v) is 4.99. The van der Waals surface area contributed by atoms with Gasteiger partial charge in [-0.15, -0.1) is 12.4 Å². The molecule has 1 aliphatic carbocycles. The van der Waals surface area contributed by atoms with Gasteiger partial charge >= 0.3 is 0 Å². The first-order valence-corrected chi connectivity index (χ1v) is 6.48. The molecule has 0 aromatic rings. The summed E-state index contributed by atoms with van der Waals surface area (Å²) in [5.74, 6) is -0.206. The molecule has 4 nitrogen and oxygen atoms in total. The number of hydrogen-bond acceptors (Lipinski definition) is 4. The maximum atomic E-state index is 5.75. The molecule has 2 aliphatic heterocycles. The molecule has 0 radical (unpaired) electrons. The molecule has 0 unspecified atom stereocenters. The number of ether oxygens (including phenoxy) is 3. The van der Waals surface area contributed by atoms with Crippen LogP contribution in [0.4, 0.5) is 0 Å². The van der Waals surface area contributed by atoms with Crippen LogP contribution in [-0.4, -0.2) is 56.2 Å². The molecule has 0 amide bonds. The van der Waals surface area contributed by atoms with Crippen LogP contribution in [0.15, 0.2) is 0 Å². The Labute approximate surface area is 109 Å². The Kier molecular flexibility index (Phi) is 4.66. The Morgan fingerprint density at radius 2 is 1.47 bits per heavy atom. The Balaban J connectivity index is 0.00000108. The zero-order valence-corrected chi connectivity index (χ0v) is 11.0. The van der Waals surface area contributed by atoms with E-state index < -0.39 is 0 Å². The van der Waals surface area contributed by atoms with Gasteiger partial charge in [0.2, 0.25) is 0 Å². The lowest BCUT2D eigenvalue weighted by molar-refractivity contribution is -0.185. The lowest BCUT2D eigenvalue weighted by atomic mass is 9.89. The highest BCUT2D eigenvalue weighted by molar-refractivity contribution is 5.85. The first kappa shape index (κ1) is 13.6. The molecule has 0 bridgehead atoms. The van der Waals surface area contributed by atoms with Crippen molar-refractivity contribution in [1.29, 1.82) is 0 Å². The molecule has 3 aliphatic rings. The quantitative estimate of drug-likeness (QED) is 0.716. The first-order chi connectivity index (χ1) is 7.88. The molecule has 3 rings (SSSR count). The summed E-state index contributed by atoms with van der Waals surface area (Å²) in [6.07, 6.45) is 4.55. The van der Waals surface area contributed by atoms with Crippen LogP contribution in [-0.2, 0) is 14.2 Å². The molecule has 0 aromatic heterocycles. The van der Waals surface area contributed by atoms with Gasteiger partial charge in [0, 0.05) is 32.0 Å². The standard InChI is InChI=1S/C12H21NO3.ClH/c1-3-12(15-9-10-16-12)4-2-11(1)13-5-7-14-8-6-13;/h11H,1-10H2;1H. The van der Waals surface area contributed by atoms with Gasteiger partial charge < -0.3 is 14.2 Å². The molecule has 5 heteroatoms. The SMILES string of the molecule is C1CN(C2CCC3(CC2)OCCO3)CCO1.Cl. The predicted molar refractivity (Wildman–Crippen MR) is 66.5 cm³/mol. The van der Waals surface area contributed by atoms with E-state index in [0.29, 0.717) is 0 Å². The van der Waals surface area contributed by atoms with Crippen LogP contribution in [0.1, 0.15) is 25.7 Å². The Morgan fingerprint density at radius 3 is 2.06 bits per heavy atom.